The van der Waals surface area contributed by atoms with Gasteiger partial charge in [-0.05, 0) is 36.1 Å². The number of benzene rings is 2. The molecule has 0 aliphatic carbocycles. The van der Waals surface area contributed by atoms with Gasteiger partial charge in [-0.15, -0.1) is 0 Å². The van der Waals surface area contributed by atoms with Gasteiger partial charge in [-0.3, -0.25) is 4.79 Å². The van der Waals surface area contributed by atoms with E-state index in [1.54, 1.807) is 6.33 Å². The first kappa shape index (κ1) is 12.5. The number of hydrogen-bond acceptors (Lipinski definition) is 3. The molecule has 1 heterocycles. The zero-order valence-electron chi connectivity index (χ0n) is 11.0. The van der Waals surface area contributed by atoms with Gasteiger partial charge < -0.3 is 0 Å². The fraction of sp³-hybridized carbons (Fsp3) is 0.118. The Hall–Kier alpha value is -2.55. The Kier molecular flexibility index (Phi) is 3.50. The normalized spacial score (nSPS) is 10.6. The number of carbonyl (C=O) groups is 1. The predicted octanol–water partition coefficient (Wildman–Crippen LogP) is 3.23. The van der Waals surface area contributed by atoms with E-state index >= 15 is 0 Å². The molecule has 0 radical (unpaired) electrons. The highest BCUT2D eigenvalue weighted by Crippen LogP contribution is 2.15. The molecule has 0 fully saturated rings. The van der Waals surface area contributed by atoms with E-state index in [2.05, 4.69) is 22.1 Å². The van der Waals surface area contributed by atoms with Crippen molar-refractivity contribution in [2.75, 3.05) is 0 Å². The summed E-state index contributed by atoms with van der Waals surface area (Å²) in [5.41, 5.74) is 4.05. The van der Waals surface area contributed by atoms with Gasteiger partial charge in [0.15, 0.2) is 0 Å². The molecule has 0 aliphatic rings. The third kappa shape index (κ3) is 2.57. The van der Waals surface area contributed by atoms with Crippen LogP contribution in [-0.2, 0) is 12.8 Å². The van der Waals surface area contributed by atoms with Crippen molar-refractivity contribution < 1.29 is 4.79 Å². The highest BCUT2D eigenvalue weighted by molar-refractivity contribution is 5.78. The number of nitrogens with zero attached hydrogens (tertiary/aromatic N) is 2. The van der Waals surface area contributed by atoms with Crippen LogP contribution in [0.25, 0.3) is 10.9 Å². The number of fused-ring (bicyclic) bond motifs is 1. The monoisotopic (exact) mass is 262 g/mol. The summed E-state index contributed by atoms with van der Waals surface area (Å²) in [6.45, 7) is 0. The minimum atomic E-state index is 0.775. The smallest absolute Gasteiger partial charge is 0.150 e. The Balaban J connectivity index is 1.81. The summed E-state index contributed by atoms with van der Waals surface area (Å²) in [4.78, 5) is 19.2. The minimum absolute atomic E-state index is 0.775. The number of carbonyl (C=O) groups excluding carboxylic acids is 1. The average Bonchev–Trinajstić information content (AvgIpc) is 2.53. The minimum Gasteiger partial charge on any atom is -0.298 e. The van der Waals surface area contributed by atoms with Crippen molar-refractivity contribution in [1.82, 2.24) is 9.97 Å². The standard InChI is InChI=1S/C17H14N2O/c20-11-15-4-2-1-3-14(15)7-5-13-6-8-17-16(9-13)10-18-12-19-17/h1-4,6,8-12H,5,7H2. The number of hydrogen-bond donors (Lipinski definition) is 0. The summed E-state index contributed by atoms with van der Waals surface area (Å²) >= 11 is 0. The largest absolute Gasteiger partial charge is 0.298 e. The Labute approximate surface area is 117 Å². The van der Waals surface area contributed by atoms with Gasteiger partial charge in [0.25, 0.3) is 0 Å². The van der Waals surface area contributed by atoms with E-state index in [1.165, 1.54) is 5.56 Å². The van der Waals surface area contributed by atoms with Crippen LogP contribution in [0.4, 0.5) is 0 Å². The van der Waals surface area contributed by atoms with E-state index in [1.807, 2.05) is 36.5 Å². The number of aromatic nitrogens is 2. The van der Waals surface area contributed by atoms with Gasteiger partial charge >= 0.3 is 0 Å². The molecule has 3 nitrogen and oxygen atoms in total. The lowest BCUT2D eigenvalue weighted by Crippen LogP contribution is -1.96. The van der Waals surface area contributed by atoms with Gasteiger partial charge in [-0.2, -0.15) is 0 Å². The lowest BCUT2D eigenvalue weighted by Gasteiger charge is -2.05. The molecule has 3 aromatic rings. The van der Waals surface area contributed by atoms with Crippen LogP contribution >= 0.6 is 0 Å². The van der Waals surface area contributed by atoms with Crippen molar-refractivity contribution in [3.05, 3.63) is 71.7 Å². The molecule has 0 aliphatic heterocycles. The van der Waals surface area contributed by atoms with Crippen LogP contribution in [0.5, 0.6) is 0 Å². The highest BCUT2D eigenvalue weighted by Gasteiger charge is 2.02. The van der Waals surface area contributed by atoms with Crippen molar-refractivity contribution in [2.45, 2.75) is 12.8 Å². The Morgan fingerprint density at radius 3 is 2.85 bits per heavy atom. The summed E-state index contributed by atoms with van der Waals surface area (Å²) in [5, 5.41) is 1.05. The van der Waals surface area contributed by atoms with Crippen molar-refractivity contribution in [3.63, 3.8) is 0 Å². The van der Waals surface area contributed by atoms with Crippen LogP contribution in [0.15, 0.2) is 55.0 Å². The molecule has 0 saturated heterocycles. The molecule has 0 amide bonds. The van der Waals surface area contributed by atoms with Gasteiger partial charge in [-0.1, -0.05) is 30.3 Å². The van der Waals surface area contributed by atoms with Crippen LogP contribution in [0.1, 0.15) is 21.5 Å². The Bertz CT molecular complexity index is 753. The molecule has 3 heteroatoms. The molecule has 0 unspecified atom stereocenters. The molecule has 3 rings (SSSR count). The van der Waals surface area contributed by atoms with E-state index < -0.39 is 0 Å². The second-order valence-electron chi connectivity index (χ2n) is 4.73. The molecule has 0 saturated carbocycles. The van der Waals surface area contributed by atoms with Crippen LogP contribution in [0.2, 0.25) is 0 Å². The zero-order valence-corrected chi connectivity index (χ0v) is 11.0. The summed E-state index contributed by atoms with van der Waals surface area (Å²) in [7, 11) is 0. The Morgan fingerprint density at radius 2 is 1.95 bits per heavy atom. The van der Waals surface area contributed by atoms with Gasteiger partial charge in [0.2, 0.25) is 0 Å². The fourth-order valence-corrected chi connectivity index (χ4v) is 2.35. The molecular weight excluding hydrogens is 248 g/mol. The fourth-order valence-electron chi connectivity index (χ4n) is 2.35. The topological polar surface area (TPSA) is 42.9 Å². The summed E-state index contributed by atoms with van der Waals surface area (Å²) in [6, 6.07) is 13.9. The predicted molar refractivity (Wildman–Crippen MR) is 78.8 cm³/mol. The van der Waals surface area contributed by atoms with Crippen LogP contribution < -0.4 is 0 Å². The molecule has 0 atom stereocenters. The lowest BCUT2D eigenvalue weighted by molar-refractivity contribution is 0.112. The van der Waals surface area contributed by atoms with Gasteiger partial charge in [0, 0.05) is 17.1 Å². The number of rotatable bonds is 4. The SMILES string of the molecule is O=Cc1ccccc1CCc1ccc2ncncc2c1. The van der Waals surface area contributed by atoms with Gasteiger partial charge in [0.1, 0.15) is 12.6 Å². The maximum atomic E-state index is 11.0. The summed E-state index contributed by atoms with van der Waals surface area (Å²) in [6.07, 6.45) is 6.06. The number of aldehydes is 1. The van der Waals surface area contributed by atoms with Crippen LogP contribution in [0, 0.1) is 0 Å². The van der Waals surface area contributed by atoms with Crippen molar-refractivity contribution >= 4 is 17.2 Å². The second kappa shape index (κ2) is 5.61. The third-order valence-corrected chi connectivity index (χ3v) is 3.43. The van der Waals surface area contributed by atoms with Gasteiger partial charge in [-0.25, -0.2) is 9.97 Å². The maximum Gasteiger partial charge on any atom is 0.150 e. The summed E-state index contributed by atoms with van der Waals surface area (Å²) in [5.74, 6) is 0. The van der Waals surface area contributed by atoms with E-state index in [9.17, 15) is 4.79 Å². The van der Waals surface area contributed by atoms with Crippen molar-refractivity contribution in [3.8, 4) is 0 Å². The maximum absolute atomic E-state index is 11.0. The van der Waals surface area contributed by atoms with Crippen molar-refractivity contribution in [1.29, 1.82) is 0 Å². The van der Waals surface area contributed by atoms with E-state index in [0.717, 1.165) is 41.2 Å². The Morgan fingerprint density at radius 1 is 1.05 bits per heavy atom. The third-order valence-electron chi connectivity index (χ3n) is 3.43. The number of aryl methyl sites for hydroxylation is 2. The second-order valence-corrected chi connectivity index (χ2v) is 4.73. The molecule has 0 bridgehead atoms. The zero-order chi connectivity index (χ0) is 13.8. The van der Waals surface area contributed by atoms with Gasteiger partial charge in [0.05, 0.1) is 5.52 Å². The van der Waals surface area contributed by atoms with E-state index in [4.69, 9.17) is 0 Å². The highest BCUT2D eigenvalue weighted by atomic mass is 16.1. The molecule has 1 aromatic heterocycles. The lowest BCUT2D eigenvalue weighted by atomic mass is 10.00. The molecule has 20 heavy (non-hydrogen) atoms. The van der Waals surface area contributed by atoms with Crippen molar-refractivity contribution in [2.24, 2.45) is 0 Å². The first-order valence-electron chi connectivity index (χ1n) is 6.58. The first-order valence-corrected chi connectivity index (χ1v) is 6.58. The molecule has 98 valence electrons. The van der Waals surface area contributed by atoms with E-state index in [-0.39, 0.29) is 0 Å². The van der Waals surface area contributed by atoms with Crippen LogP contribution in [-0.4, -0.2) is 16.3 Å². The van der Waals surface area contributed by atoms with E-state index in [0.29, 0.717) is 0 Å². The summed E-state index contributed by atoms with van der Waals surface area (Å²) < 4.78 is 0. The average molecular weight is 262 g/mol. The first-order chi connectivity index (χ1) is 9.86. The molecule has 0 spiro atoms. The molecular formula is C17H14N2O. The quantitative estimate of drug-likeness (QED) is 0.678. The van der Waals surface area contributed by atoms with Crippen LogP contribution in [0.3, 0.4) is 0 Å². The molecule has 2 aromatic carbocycles. The molecule has 0 N–H and O–H groups in total.